The van der Waals surface area contributed by atoms with Crippen LogP contribution in [0.4, 0.5) is 0 Å². The fraction of sp³-hybridized carbons (Fsp3) is 0.800. The van der Waals surface area contributed by atoms with Gasteiger partial charge in [0.05, 0.1) is 112 Å². The molecule has 39 heavy (non-hydrogen) atoms. The van der Waals surface area contributed by atoms with Gasteiger partial charge >= 0.3 is 0 Å². The van der Waals surface area contributed by atoms with Gasteiger partial charge in [-0.1, -0.05) is 62.9 Å². The van der Waals surface area contributed by atoms with Gasteiger partial charge in [-0.2, -0.15) is 0 Å². The summed E-state index contributed by atoms with van der Waals surface area (Å²) in [7, 11) is 0. The highest BCUT2D eigenvalue weighted by molar-refractivity contribution is 5.13. The molecular weight excluding hydrogens is 504 g/mol. The van der Waals surface area contributed by atoms with Crippen molar-refractivity contribution in [1.82, 2.24) is 0 Å². The molecule has 0 spiro atoms. The molecule has 0 fully saturated rings. The fourth-order valence-corrected chi connectivity index (χ4v) is 3.33. The quantitative estimate of drug-likeness (QED) is 0.120. The molecule has 1 aromatic carbocycles. The van der Waals surface area contributed by atoms with Gasteiger partial charge in [-0.3, -0.25) is 0 Å². The first-order chi connectivity index (χ1) is 19.4. The summed E-state index contributed by atoms with van der Waals surface area (Å²) in [6, 6.07) is 10.1. The molecule has 0 saturated heterocycles. The lowest BCUT2D eigenvalue weighted by Gasteiger charge is -2.09. The van der Waals surface area contributed by atoms with Crippen molar-refractivity contribution in [3.05, 3.63) is 35.9 Å². The van der Waals surface area contributed by atoms with Crippen molar-refractivity contribution >= 4 is 0 Å². The first-order valence-corrected chi connectivity index (χ1v) is 14.7. The molecule has 9 heteroatoms. The molecule has 1 aromatic rings. The average molecular weight is 559 g/mol. The number of rotatable bonds is 32. The summed E-state index contributed by atoms with van der Waals surface area (Å²) in [6.07, 6.45) is 6.30. The Balaban J connectivity index is 1.62. The van der Waals surface area contributed by atoms with Gasteiger partial charge in [0.1, 0.15) is 0 Å². The van der Waals surface area contributed by atoms with Crippen LogP contribution in [-0.4, -0.2) is 112 Å². The molecule has 0 unspecified atom stereocenters. The van der Waals surface area contributed by atoms with Crippen LogP contribution in [0.3, 0.4) is 0 Å². The van der Waals surface area contributed by atoms with Gasteiger partial charge < -0.3 is 42.6 Å². The smallest absolute Gasteiger partial charge is 0.0718 e. The molecule has 0 heterocycles. The summed E-state index contributed by atoms with van der Waals surface area (Å²) < 4.78 is 49.5. The van der Waals surface area contributed by atoms with Crippen molar-refractivity contribution in [1.29, 1.82) is 0 Å². The van der Waals surface area contributed by atoms with Crippen LogP contribution in [0, 0.1) is 0 Å². The molecule has 0 N–H and O–H groups in total. The third kappa shape index (κ3) is 28.2. The normalized spacial score (nSPS) is 11.4. The highest BCUT2D eigenvalue weighted by Gasteiger charge is 1.96. The van der Waals surface area contributed by atoms with E-state index >= 15 is 0 Å². The molecule has 9 nitrogen and oxygen atoms in total. The topological polar surface area (TPSA) is 83.1 Å². The van der Waals surface area contributed by atoms with Gasteiger partial charge in [0.2, 0.25) is 0 Å². The fourth-order valence-electron chi connectivity index (χ4n) is 3.33. The molecule has 0 amide bonds. The van der Waals surface area contributed by atoms with E-state index in [1.54, 1.807) is 0 Å². The van der Waals surface area contributed by atoms with Crippen molar-refractivity contribution in [3.8, 4) is 0 Å². The Hall–Kier alpha value is -1.14. The number of unbranched alkanes of at least 4 members (excludes halogenated alkanes) is 4. The van der Waals surface area contributed by atoms with Crippen molar-refractivity contribution in [2.75, 3.05) is 112 Å². The predicted octanol–water partition coefficient (Wildman–Crippen LogP) is 4.31. The zero-order chi connectivity index (χ0) is 27.7. The van der Waals surface area contributed by atoms with Crippen molar-refractivity contribution < 1.29 is 42.6 Å². The number of hydrogen-bond donors (Lipinski definition) is 0. The van der Waals surface area contributed by atoms with E-state index in [4.69, 9.17) is 42.6 Å². The Morgan fingerprint density at radius 2 is 0.692 bits per heavy atom. The molecule has 0 aliphatic heterocycles. The maximum Gasteiger partial charge on any atom is 0.0718 e. The summed E-state index contributed by atoms with van der Waals surface area (Å²) in [5.41, 5.74) is 1.17. The maximum absolute atomic E-state index is 5.56. The Labute approximate surface area is 236 Å². The highest BCUT2D eigenvalue weighted by atomic mass is 16.6. The largest absolute Gasteiger partial charge is 0.379 e. The van der Waals surface area contributed by atoms with E-state index in [0.29, 0.717) is 112 Å². The van der Waals surface area contributed by atoms with Crippen LogP contribution in [0.1, 0.15) is 44.6 Å². The average Bonchev–Trinajstić information content (AvgIpc) is 2.96. The van der Waals surface area contributed by atoms with Gasteiger partial charge in [0.25, 0.3) is 0 Å². The van der Waals surface area contributed by atoms with Crippen molar-refractivity contribution in [3.63, 3.8) is 0 Å². The molecule has 0 aliphatic carbocycles. The van der Waals surface area contributed by atoms with Gasteiger partial charge in [0, 0.05) is 6.61 Å². The lowest BCUT2D eigenvalue weighted by atomic mass is 10.2. The third-order valence-corrected chi connectivity index (χ3v) is 5.48. The molecule has 0 bridgehead atoms. The monoisotopic (exact) mass is 558 g/mol. The molecular formula is C30H54O9. The summed E-state index contributed by atoms with van der Waals surface area (Å²) in [5, 5.41) is 0. The van der Waals surface area contributed by atoms with E-state index in [0.717, 1.165) is 13.0 Å². The minimum Gasteiger partial charge on any atom is -0.379 e. The first-order valence-electron chi connectivity index (χ1n) is 14.7. The van der Waals surface area contributed by atoms with E-state index in [1.165, 1.54) is 31.2 Å². The second kappa shape index (κ2) is 31.4. The van der Waals surface area contributed by atoms with E-state index in [2.05, 4.69) is 6.92 Å². The minimum atomic E-state index is 0.533. The van der Waals surface area contributed by atoms with Crippen LogP contribution in [-0.2, 0) is 49.2 Å². The van der Waals surface area contributed by atoms with Gasteiger partial charge in [-0.25, -0.2) is 0 Å². The lowest BCUT2D eigenvalue weighted by molar-refractivity contribution is -0.0254. The van der Waals surface area contributed by atoms with Crippen LogP contribution in [0.15, 0.2) is 30.3 Å². The molecule has 0 saturated carbocycles. The maximum atomic E-state index is 5.56. The number of hydrogen-bond acceptors (Lipinski definition) is 9. The molecule has 228 valence electrons. The Kier molecular flexibility index (Phi) is 28.9. The molecule has 0 aliphatic rings. The van der Waals surface area contributed by atoms with Crippen LogP contribution in [0.25, 0.3) is 0 Å². The minimum absolute atomic E-state index is 0.533. The summed E-state index contributed by atoms with van der Waals surface area (Å²) in [6.45, 7) is 12.6. The van der Waals surface area contributed by atoms with E-state index in [-0.39, 0.29) is 0 Å². The Bertz CT molecular complexity index is 577. The second-order valence-electron chi connectivity index (χ2n) is 8.85. The standard InChI is InChI=1S/C30H54O9/c1-2-3-4-5-9-12-31-13-14-32-15-16-33-17-18-34-19-20-35-21-22-36-23-24-37-25-26-38-27-28-39-29-30-10-7-6-8-11-30/h6-8,10-11H,2-5,9,12-29H2,1H3. The zero-order valence-electron chi connectivity index (χ0n) is 24.3. The third-order valence-electron chi connectivity index (χ3n) is 5.48. The van der Waals surface area contributed by atoms with Gasteiger partial charge in [-0.15, -0.1) is 0 Å². The highest BCUT2D eigenvalue weighted by Crippen LogP contribution is 2.02. The zero-order valence-corrected chi connectivity index (χ0v) is 24.3. The Morgan fingerprint density at radius 1 is 0.359 bits per heavy atom. The van der Waals surface area contributed by atoms with E-state index in [1.807, 2.05) is 30.3 Å². The molecule has 1 rings (SSSR count). The summed E-state index contributed by atoms with van der Waals surface area (Å²) in [4.78, 5) is 0. The summed E-state index contributed by atoms with van der Waals surface area (Å²) >= 11 is 0. The molecule has 0 radical (unpaired) electrons. The molecule has 0 atom stereocenters. The second-order valence-corrected chi connectivity index (χ2v) is 8.85. The summed E-state index contributed by atoms with van der Waals surface area (Å²) in [5.74, 6) is 0. The number of benzene rings is 1. The van der Waals surface area contributed by atoms with Crippen LogP contribution >= 0.6 is 0 Å². The van der Waals surface area contributed by atoms with Crippen LogP contribution in [0.5, 0.6) is 0 Å². The van der Waals surface area contributed by atoms with E-state index in [9.17, 15) is 0 Å². The molecule has 0 aromatic heterocycles. The van der Waals surface area contributed by atoms with E-state index < -0.39 is 0 Å². The van der Waals surface area contributed by atoms with Gasteiger partial charge in [0.15, 0.2) is 0 Å². The van der Waals surface area contributed by atoms with Crippen molar-refractivity contribution in [2.45, 2.75) is 45.6 Å². The first kappa shape index (κ1) is 35.9. The number of ether oxygens (including phenoxy) is 9. The van der Waals surface area contributed by atoms with Crippen LogP contribution < -0.4 is 0 Å². The lowest BCUT2D eigenvalue weighted by Crippen LogP contribution is -2.15. The predicted molar refractivity (Wildman–Crippen MR) is 151 cm³/mol. The Morgan fingerprint density at radius 3 is 1.08 bits per heavy atom. The van der Waals surface area contributed by atoms with Crippen molar-refractivity contribution in [2.24, 2.45) is 0 Å². The van der Waals surface area contributed by atoms with Crippen LogP contribution in [0.2, 0.25) is 0 Å². The SMILES string of the molecule is CCCCCCCOCCOCCOCCOCCOCCOCCOCCOCCOCc1ccccc1. The van der Waals surface area contributed by atoms with Gasteiger partial charge in [-0.05, 0) is 12.0 Å².